The predicted octanol–water partition coefficient (Wildman–Crippen LogP) is 2.08. The molecule has 2 atom stereocenters. The normalized spacial score (nSPS) is 30.5. The number of hydrogen-bond donors (Lipinski definition) is 1. The Morgan fingerprint density at radius 1 is 1.42 bits per heavy atom. The second kappa shape index (κ2) is 4.82. The minimum absolute atomic E-state index is 0.323. The van der Waals surface area contributed by atoms with Crippen molar-refractivity contribution in [1.82, 2.24) is 4.98 Å². The zero-order valence-electron chi connectivity index (χ0n) is 11.0. The molecule has 0 radical (unpaired) electrons. The molecule has 2 fully saturated rings. The maximum Gasteiger partial charge on any atom is 0.146 e. The van der Waals surface area contributed by atoms with Crippen molar-refractivity contribution in [3.05, 3.63) is 23.9 Å². The average molecular weight is 257 g/mol. The maximum absolute atomic E-state index is 10.7. The summed E-state index contributed by atoms with van der Waals surface area (Å²) >= 11 is 0. The number of anilines is 1. The van der Waals surface area contributed by atoms with Crippen LogP contribution in [-0.4, -0.2) is 28.8 Å². The van der Waals surface area contributed by atoms with Crippen LogP contribution in [0.4, 0.5) is 5.82 Å². The number of aliphatic hydroxyl groups is 1. The molecular weight excluding hydrogens is 238 g/mol. The van der Waals surface area contributed by atoms with Crippen LogP contribution in [0.15, 0.2) is 18.3 Å². The van der Waals surface area contributed by atoms with Crippen LogP contribution in [0, 0.1) is 17.2 Å². The van der Waals surface area contributed by atoms with Crippen molar-refractivity contribution in [2.45, 2.75) is 37.7 Å². The Morgan fingerprint density at radius 2 is 2.32 bits per heavy atom. The van der Waals surface area contributed by atoms with Crippen LogP contribution in [0.25, 0.3) is 0 Å². The summed E-state index contributed by atoms with van der Waals surface area (Å²) < 4.78 is 0. The van der Waals surface area contributed by atoms with Gasteiger partial charge in [0.1, 0.15) is 11.9 Å². The summed E-state index contributed by atoms with van der Waals surface area (Å²) in [6.07, 6.45) is 6.88. The summed E-state index contributed by atoms with van der Waals surface area (Å²) in [4.78, 5) is 6.52. The van der Waals surface area contributed by atoms with Gasteiger partial charge in [0.05, 0.1) is 11.2 Å². The summed E-state index contributed by atoms with van der Waals surface area (Å²) in [7, 11) is 0. The van der Waals surface area contributed by atoms with Gasteiger partial charge in [0.15, 0.2) is 0 Å². The van der Waals surface area contributed by atoms with Gasteiger partial charge >= 0.3 is 0 Å². The van der Waals surface area contributed by atoms with Gasteiger partial charge in [-0.1, -0.05) is 12.8 Å². The molecule has 2 heterocycles. The lowest BCUT2D eigenvalue weighted by molar-refractivity contribution is -0.0613. The van der Waals surface area contributed by atoms with E-state index in [4.69, 9.17) is 5.26 Å². The van der Waals surface area contributed by atoms with Gasteiger partial charge < -0.3 is 10.0 Å². The van der Waals surface area contributed by atoms with Crippen LogP contribution < -0.4 is 4.90 Å². The highest BCUT2D eigenvalue weighted by atomic mass is 16.3. The Hall–Kier alpha value is -1.60. The van der Waals surface area contributed by atoms with Crippen molar-refractivity contribution in [3.8, 4) is 6.07 Å². The first-order valence-electron chi connectivity index (χ1n) is 7.05. The molecule has 0 aromatic carbocycles. The number of nitrogens with zero attached hydrogens (tertiary/aromatic N) is 3. The highest BCUT2D eigenvalue weighted by molar-refractivity contribution is 5.53. The molecular formula is C15H19N3O. The smallest absolute Gasteiger partial charge is 0.146 e. The number of nitriles is 1. The fourth-order valence-electron chi connectivity index (χ4n) is 3.50. The van der Waals surface area contributed by atoms with Gasteiger partial charge in [-0.2, -0.15) is 5.26 Å². The van der Waals surface area contributed by atoms with Gasteiger partial charge in [-0.05, 0) is 31.4 Å². The van der Waals surface area contributed by atoms with Gasteiger partial charge in [0.25, 0.3) is 0 Å². The Balaban J connectivity index is 1.83. The van der Waals surface area contributed by atoms with Gasteiger partial charge in [-0.25, -0.2) is 4.98 Å². The molecule has 2 unspecified atom stereocenters. The molecule has 1 aliphatic carbocycles. The van der Waals surface area contributed by atoms with E-state index >= 15 is 0 Å². The zero-order valence-corrected chi connectivity index (χ0v) is 11.0. The lowest BCUT2D eigenvalue weighted by Crippen LogP contribution is -2.53. The van der Waals surface area contributed by atoms with Gasteiger partial charge in [-0.15, -0.1) is 0 Å². The lowest BCUT2D eigenvalue weighted by Gasteiger charge is -2.47. The van der Waals surface area contributed by atoms with E-state index < -0.39 is 5.60 Å². The fraction of sp³-hybridized carbons (Fsp3) is 0.600. The first-order chi connectivity index (χ1) is 9.23. The van der Waals surface area contributed by atoms with E-state index in [2.05, 4.69) is 16.0 Å². The van der Waals surface area contributed by atoms with E-state index in [0.29, 0.717) is 11.5 Å². The third-order valence-corrected chi connectivity index (χ3v) is 4.63. The minimum atomic E-state index is -0.476. The van der Waals surface area contributed by atoms with Crippen LogP contribution in [-0.2, 0) is 0 Å². The Morgan fingerprint density at radius 3 is 3.16 bits per heavy atom. The molecule has 4 heteroatoms. The van der Waals surface area contributed by atoms with Crippen LogP contribution in [0.3, 0.4) is 0 Å². The molecule has 1 aromatic rings. The quantitative estimate of drug-likeness (QED) is 0.836. The maximum atomic E-state index is 10.7. The van der Waals surface area contributed by atoms with Crippen molar-refractivity contribution in [3.63, 3.8) is 0 Å². The third kappa shape index (κ3) is 2.19. The molecule has 0 amide bonds. The summed E-state index contributed by atoms with van der Waals surface area (Å²) in [6, 6.07) is 5.81. The summed E-state index contributed by atoms with van der Waals surface area (Å²) in [5.41, 5.74) is 0.153. The first-order valence-corrected chi connectivity index (χ1v) is 7.05. The Labute approximate surface area is 113 Å². The van der Waals surface area contributed by atoms with E-state index in [0.717, 1.165) is 44.6 Å². The topological polar surface area (TPSA) is 60.2 Å². The molecule has 100 valence electrons. The van der Waals surface area contributed by atoms with E-state index in [1.165, 1.54) is 6.42 Å². The van der Waals surface area contributed by atoms with E-state index in [1.54, 1.807) is 12.3 Å². The summed E-state index contributed by atoms with van der Waals surface area (Å²) in [5.74, 6) is 1.10. The molecule has 3 rings (SSSR count). The second-order valence-corrected chi connectivity index (χ2v) is 5.73. The van der Waals surface area contributed by atoms with Crippen molar-refractivity contribution in [2.75, 3.05) is 18.0 Å². The number of fused-ring (bicyclic) bond motifs is 1. The first kappa shape index (κ1) is 12.4. The van der Waals surface area contributed by atoms with E-state index in [1.807, 2.05) is 6.07 Å². The van der Waals surface area contributed by atoms with Crippen molar-refractivity contribution in [1.29, 1.82) is 5.26 Å². The van der Waals surface area contributed by atoms with Crippen LogP contribution >= 0.6 is 0 Å². The lowest BCUT2D eigenvalue weighted by atomic mass is 9.71. The number of piperidine rings is 1. The molecule has 4 nitrogen and oxygen atoms in total. The minimum Gasteiger partial charge on any atom is -0.389 e. The van der Waals surface area contributed by atoms with Crippen LogP contribution in [0.1, 0.15) is 37.7 Å². The number of pyridine rings is 1. The molecule has 1 aliphatic heterocycles. The van der Waals surface area contributed by atoms with E-state index in [-0.39, 0.29) is 0 Å². The number of aromatic nitrogens is 1. The molecule has 19 heavy (non-hydrogen) atoms. The van der Waals surface area contributed by atoms with Crippen molar-refractivity contribution in [2.24, 2.45) is 5.92 Å². The molecule has 1 saturated heterocycles. The standard InChI is InChI=1S/C15H19N3O/c16-10-12-4-3-8-17-14(12)18-9-7-15(19)6-2-1-5-13(15)11-18/h3-4,8,13,19H,1-2,5-7,9,11H2. The van der Waals surface area contributed by atoms with Gasteiger partial charge in [0, 0.05) is 25.2 Å². The summed E-state index contributed by atoms with van der Waals surface area (Å²) in [6.45, 7) is 1.61. The molecule has 1 N–H and O–H groups in total. The zero-order chi connectivity index (χ0) is 13.3. The van der Waals surface area contributed by atoms with Gasteiger partial charge in [-0.3, -0.25) is 0 Å². The molecule has 0 bridgehead atoms. The van der Waals surface area contributed by atoms with E-state index in [9.17, 15) is 5.11 Å². The largest absolute Gasteiger partial charge is 0.389 e. The number of hydrogen-bond acceptors (Lipinski definition) is 4. The predicted molar refractivity (Wildman–Crippen MR) is 72.7 cm³/mol. The van der Waals surface area contributed by atoms with Crippen LogP contribution in [0.5, 0.6) is 0 Å². The molecule has 0 spiro atoms. The highest BCUT2D eigenvalue weighted by Gasteiger charge is 2.43. The van der Waals surface area contributed by atoms with Crippen LogP contribution in [0.2, 0.25) is 0 Å². The highest BCUT2D eigenvalue weighted by Crippen LogP contribution is 2.40. The molecule has 1 saturated carbocycles. The van der Waals surface area contributed by atoms with Gasteiger partial charge in [0.2, 0.25) is 0 Å². The molecule has 1 aromatic heterocycles. The SMILES string of the molecule is N#Cc1cccnc1N1CCC2(O)CCCCC2C1. The Bertz CT molecular complexity index is 510. The van der Waals surface area contributed by atoms with Crippen molar-refractivity contribution < 1.29 is 5.11 Å². The summed E-state index contributed by atoms with van der Waals surface area (Å²) in [5, 5.41) is 19.8. The fourth-order valence-corrected chi connectivity index (χ4v) is 3.50. The number of rotatable bonds is 1. The molecule has 2 aliphatic rings. The second-order valence-electron chi connectivity index (χ2n) is 5.73. The average Bonchev–Trinajstić information content (AvgIpc) is 2.46. The van der Waals surface area contributed by atoms with Crippen molar-refractivity contribution >= 4 is 5.82 Å². The monoisotopic (exact) mass is 257 g/mol. The third-order valence-electron chi connectivity index (χ3n) is 4.63. The Kier molecular flexibility index (Phi) is 3.16.